The minimum Gasteiger partial charge on any atom is -0.369 e. The van der Waals surface area contributed by atoms with Gasteiger partial charge in [-0.25, -0.2) is 9.97 Å². The Bertz CT molecular complexity index is 611. The second-order valence-corrected chi connectivity index (χ2v) is 5.76. The molecule has 0 aliphatic carbocycles. The van der Waals surface area contributed by atoms with Gasteiger partial charge < -0.3 is 5.32 Å². The molecule has 2 heterocycles. The van der Waals surface area contributed by atoms with Gasteiger partial charge >= 0.3 is 0 Å². The second kappa shape index (κ2) is 6.31. The SMILES string of the molecule is CCNc1nc(-c2cnccc2C)nc(C(C)C)c1Br. The van der Waals surface area contributed by atoms with E-state index in [-0.39, 0.29) is 0 Å². The molecule has 0 saturated heterocycles. The summed E-state index contributed by atoms with van der Waals surface area (Å²) in [6, 6.07) is 1.97. The molecule has 2 rings (SSSR count). The van der Waals surface area contributed by atoms with Crippen molar-refractivity contribution in [3.05, 3.63) is 34.2 Å². The average Bonchev–Trinajstić information content (AvgIpc) is 2.41. The van der Waals surface area contributed by atoms with Crippen LogP contribution in [0.4, 0.5) is 5.82 Å². The predicted molar refractivity (Wildman–Crippen MR) is 86.0 cm³/mol. The van der Waals surface area contributed by atoms with Crippen LogP contribution in [-0.2, 0) is 0 Å². The van der Waals surface area contributed by atoms with Crippen molar-refractivity contribution in [1.82, 2.24) is 15.0 Å². The van der Waals surface area contributed by atoms with Gasteiger partial charge in [0.05, 0.1) is 10.2 Å². The molecule has 0 aromatic carbocycles. The number of nitrogens with zero attached hydrogens (tertiary/aromatic N) is 3. The van der Waals surface area contributed by atoms with Crippen LogP contribution in [0.25, 0.3) is 11.4 Å². The molecule has 0 fully saturated rings. The van der Waals surface area contributed by atoms with Gasteiger partial charge in [-0.2, -0.15) is 0 Å². The summed E-state index contributed by atoms with van der Waals surface area (Å²) in [5.41, 5.74) is 3.11. The summed E-state index contributed by atoms with van der Waals surface area (Å²) >= 11 is 3.60. The van der Waals surface area contributed by atoms with Crippen molar-refractivity contribution in [3.8, 4) is 11.4 Å². The van der Waals surface area contributed by atoms with E-state index < -0.39 is 0 Å². The molecular weight excluding hydrogens is 316 g/mol. The smallest absolute Gasteiger partial charge is 0.163 e. The summed E-state index contributed by atoms with van der Waals surface area (Å²) in [5.74, 6) is 1.88. The summed E-state index contributed by atoms with van der Waals surface area (Å²) in [5, 5.41) is 3.28. The highest BCUT2D eigenvalue weighted by molar-refractivity contribution is 9.10. The normalized spacial score (nSPS) is 10.9. The number of halogens is 1. The molecule has 106 valence electrons. The van der Waals surface area contributed by atoms with E-state index in [0.29, 0.717) is 5.92 Å². The lowest BCUT2D eigenvalue weighted by atomic mass is 10.1. The van der Waals surface area contributed by atoms with Crippen molar-refractivity contribution in [1.29, 1.82) is 0 Å². The molecule has 0 radical (unpaired) electrons. The first-order valence-electron chi connectivity index (χ1n) is 6.76. The van der Waals surface area contributed by atoms with Crippen LogP contribution in [0.2, 0.25) is 0 Å². The van der Waals surface area contributed by atoms with Crippen LogP contribution in [0.1, 0.15) is 37.9 Å². The molecule has 0 atom stereocenters. The van der Waals surface area contributed by atoms with E-state index in [1.807, 2.05) is 19.2 Å². The number of rotatable bonds is 4. The van der Waals surface area contributed by atoms with Gasteiger partial charge in [-0.15, -0.1) is 0 Å². The standard InChI is InChI=1S/C15H19BrN4/c1-5-18-15-12(16)13(9(2)3)19-14(20-15)11-8-17-7-6-10(11)4/h6-9H,5H2,1-4H3,(H,18,19,20). The molecule has 2 aromatic heterocycles. The third kappa shape index (κ3) is 2.98. The Morgan fingerprint density at radius 2 is 2.05 bits per heavy atom. The number of aromatic nitrogens is 3. The molecule has 1 N–H and O–H groups in total. The van der Waals surface area contributed by atoms with E-state index in [4.69, 9.17) is 4.98 Å². The van der Waals surface area contributed by atoms with E-state index >= 15 is 0 Å². The molecule has 0 aliphatic rings. The highest BCUT2D eigenvalue weighted by Gasteiger charge is 2.16. The van der Waals surface area contributed by atoms with Crippen molar-refractivity contribution in [2.24, 2.45) is 0 Å². The Hall–Kier alpha value is -1.49. The van der Waals surface area contributed by atoms with Crippen molar-refractivity contribution < 1.29 is 0 Å². The number of hydrogen-bond acceptors (Lipinski definition) is 4. The Morgan fingerprint density at radius 1 is 1.30 bits per heavy atom. The maximum Gasteiger partial charge on any atom is 0.163 e. The molecule has 0 amide bonds. The zero-order valence-electron chi connectivity index (χ0n) is 12.2. The first kappa shape index (κ1) is 14.9. The third-order valence-corrected chi connectivity index (χ3v) is 3.83. The maximum atomic E-state index is 4.71. The van der Waals surface area contributed by atoms with E-state index in [2.05, 4.69) is 52.0 Å². The van der Waals surface area contributed by atoms with E-state index in [1.165, 1.54) is 0 Å². The van der Waals surface area contributed by atoms with Crippen molar-refractivity contribution >= 4 is 21.7 Å². The molecule has 20 heavy (non-hydrogen) atoms. The third-order valence-electron chi connectivity index (χ3n) is 3.05. The molecule has 5 heteroatoms. The summed E-state index contributed by atoms with van der Waals surface area (Å²) in [6.45, 7) is 9.17. The second-order valence-electron chi connectivity index (χ2n) is 4.97. The number of aryl methyl sites for hydroxylation is 1. The first-order valence-corrected chi connectivity index (χ1v) is 7.56. The summed E-state index contributed by atoms with van der Waals surface area (Å²) in [7, 11) is 0. The Labute approximate surface area is 128 Å². The van der Waals surface area contributed by atoms with Crippen LogP contribution < -0.4 is 5.32 Å². The number of nitrogens with one attached hydrogen (secondary N) is 1. The lowest BCUT2D eigenvalue weighted by Gasteiger charge is -2.15. The number of hydrogen-bond donors (Lipinski definition) is 1. The highest BCUT2D eigenvalue weighted by Crippen LogP contribution is 2.31. The van der Waals surface area contributed by atoms with Crippen LogP contribution in [0.5, 0.6) is 0 Å². The van der Waals surface area contributed by atoms with Gasteiger partial charge in [-0.3, -0.25) is 4.98 Å². The van der Waals surface area contributed by atoms with Gasteiger partial charge in [-0.1, -0.05) is 13.8 Å². The van der Waals surface area contributed by atoms with Gasteiger partial charge in [0.15, 0.2) is 5.82 Å². The topological polar surface area (TPSA) is 50.7 Å². The molecule has 0 aliphatic heterocycles. The fraction of sp³-hybridized carbons (Fsp3) is 0.400. The van der Waals surface area contributed by atoms with Crippen LogP contribution in [0.3, 0.4) is 0 Å². The summed E-state index contributed by atoms with van der Waals surface area (Å²) in [4.78, 5) is 13.5. The summed E-state index contributed by atoms with van der Waals surface area (Å²) in [6.07, 6.45) is 3.60. The predicted octanol–water partition coefficient (Wildman–Crippen LogP) is 4.16. The minimum absolute atomic E-state index is 0.320. The lowest BCUT2D eigenvalue weighted by Crippen LogP contribution is -2.07. The number of anilines is 1. The maximum absolute atomic E-state index is 4.71. The first-order chi connectivity index (χ1) is 9.54. The van der Waals surface area contributed by atoms with Crippen molar-refractivity contribution in [2.75, 3.05) is 11.9 Å². The number of pyridine rings is 1. The monoisotopic (exact) mass is 334 g/mol. The van der Waals surface area contributed by atoms with Crippen molar-refractivity contribution in [3.63, 3.8) is 0 Å². The van der Waals surface area contributed by atoms with Crippen LogP contribution in [-0.4, -0.2) is 21.5 Å². The molecule has 2 aromatic rings. The highest BCUT2D eigenvalue weighted by atomic mass is 79.9. The minimum atomic E-state index is 0.320. The van der Waals surface area contributed by atoms with Crippen LogP contribution >= 0.6 is 15.9 Å². The Balaban J connectivity index is 2.62. The van der Waals surface area contributed by atoms with Gasteiger partial charge in [0.25, 0.3) is 0 Å². The fourth-order valence-electron chi connectivity index (χ4n) is 1.95. The molecule has 0 unspecified atom stereocenters. The largest absolute Gasteiger partial charge is 0.369 e. The Morgan fingerprint density at radius 3 is 2.65 bits per heavy atom. The van der Waals surface area contributed by atoms with Gasteiger partial charge in [-0.05, 0) is 47.3 Å². The van der Waals surface area contributed by atoms with Gasteiger partial charge in [0.2, 0.25) is 0 Å². The summed E-state index contributed by atoms with van der Waals surface area (Å²) < 4.78 is 0.944. The molecule has 0 spiro atoms. The quantitative estimate of drug-likeness (QED) is 0.911. The molecular formula is C15H19BrN4. The van der Waals surface area contributed by atoms with Gasteiger partial charge in [0.1, 0.15) is 5.82 Å². The van der Waals surface area contributed by atoms with E-state index in [9.17, 15) is 0 Å². The van der Waals surface area contributed by atoms with Crippen LogP contribution in [0.15, 0.2) is 22.9 Å². The lowest BCUT2D eigenvalue weighted by molar-refractivity contribution is 0.809. The molecule has 0 bridgehead atoms. The van der Waals surface area contributed by atoms with E-state index in [0.717, 1.165) is 39.5 Å². The van der Waals surface area contributed by atoms with E-state index in [1.54, 1.807) is 6.20 Å². The average molecular weight is 335 g/mol. The zero-order chi connectivity index (χ0) is 14.7. The van der Waals surface area contributed by atoms with Gasteiger partial charge in [0, 0.05) is 24.5 Å². The zero-order valence-corrected chi connectivity index (χ0v) is 13.8. The Kier molecular flexibility index (Phi) is 4.70. The fourth-order valence-corrected chi connectivity index (χ4v) is 2.73. The van der Waals surface area contributed by atoms with Crippen LogP contribution in [0, 0.1) is 6.92 Å². The molecule has 0 saturated carbocycles. The van der Waals surface area contributed by atoms with Crippen molar-refractivity contribution in [2.45, 2.75) is 33.6 Å². The molecule has 4 nitrogen and oxygen atoms in total.